The number of aliphatic hydroxyl groups excluding tert-OH is 1. The van der Waals surface area contributed by atoms with Crippen molar-refractivity contribution in [3.05, 3.63) is 70.7 Å². The number of likely N-dealkylation sites (N-methyl/N-ethyl adjacent to an activating group) is 7. The first-order chi connectivity index (χ1) is 46.1. The number of halogens is 1. The highest BCUT2D eigenvalue weighted by Crippen LogP contribution is 2.25. The van der Waals surface area contributed by atoms with Crippen molar-refractivity contribution < 1.29 is 67.4 Å². The van der Waals surface area contributed by atoms with Crippen molar-refractivity contribution in [1.29, 1.82) is 0 Å². The predicted octanol–water partition coefficient (Wildman–Crippen LogP) is 3.52. The summed E-state index contributed by atoms with van der Waals surface area (Å²) in [4.78, 5) is 189. The van der Waals surface area contributed by atoms with Crippen molar-refractivity contribution in [2.75, 3.05) is 75.6 Å². The van der Waals surface area contributed by atoms with Gasteiger partial charge in [-0.1, -0.05) is 109 Å². The first-order valence-electron chi connectivity index (χ1n) is 34.5. The SMILES string of the molecule is CC(C)C[C@H]1C(=O)N[C@@H](COC(C)(C)C)C(=O)N(C)[C@@H](Cc2ccccc2)C(=O)N(C)[C@@H](CC(C)C)C(=O)N(C)[C@H](C(=O)N2CCCCC2)CC(=O)N[C@@H](C)C(=O)N(C)[C@@H](Cc2cccc(Cl)c2)C(=O)N[C@@H](C(C)C)C(=O)N(C)[C@@H](C(C)C)C(=O)N[C@@H]([C@@H](C)O)C(=O)N(C)CC(=O)N1C. The second kappa shape index (κ2) is 37.6. The van der Waals surface area contributed by atoms with E-state index in [1.54, 1.807) is 108 Å². The van der Waals surface area contributed by atoms with Gasteiger partial charge < -0.3 is 70.3 Å². The van der Waals surface area contributed by atoms with E-state index in [1.165, 1.54) is 73.0 Å². The first-order valence-corrected chi connectivity index (χ1v) is 34.9. The number of benzene rings is 2. The highest BCUT2D eigenvalue weighted by atomic mass is 35.5. The largest absolute Gasteiger partial charge is 0.391 e. The van der Waals surface area contributed by atoms with Gasteiger partial charge in [-0.15, -0.1) is 0 Å². The summed E-state index contributed by atoms with van der Waals surface area (Å²) >= 11 is 6.44. The number of amides is 12. The van der Waals surface area contributed by atoms with Gasteiger partial charge in [-0.2, -0.15) is 0 Å². The van der Waals surface area contributed by atoms with Crippen molar-refractivity contribution in [2.45, 2.75) is 213 Å². The predicted molar refractivity (Wildman–Crippen MR) is 377 cm³/mol. The van der Waals surface area contributed by atoms with Crippen molar-refractivity contribution in [3.63, 3.8) is 0 Å². The molecule has 12 amide bonds. The van der Waals surface area contributed by atoms with E-state index >= 15 is 14.4 Å². The standard InChI is InChI=1S/C72H113ClN12O14/c1-42(2)34-52-62(89)75-51(41-99-72(11,12)13)66(93)81(17)55(37-48-28-23-21-24-29-48)68(95)82(18)54(35-43(3)4)67(94)83(19)56(69(96)85-32-25-22-26-33-85)39-57(87)74-46(9)65(92)80(16)53(38-49-30-27-31-50(73)36-49)63(90)76-59(44(5)6)71(98)84(20)61(45(7)8)64(91)77-60(47(10)86)70(97)78(14)40-58(88)79(52)15/h21,23-24,27-31,36,42-47,51-56,59-61,86H,22,25-26,32-35,37-41H2,1-20H3,(H,74,87)(H,75,89)(H,76,90)(H,77,91)/t46-,47+,51-,52-,53-,54-,55-,56-,59-,60-,61-/m0/s1. The summed E-state index contributed by atoms with van der Waals surface area (Å²) in [5.41, 5.74) is 0.298. The number of aliphatic hydroxyl groups is 1. The van der Waals surface area contributed by atoms with Crippen LogP contribution in [0.15, 0.2) is 54.6 Å². The van der Waals surface area contributed by atoms with Crippen molar-refractivity contribution in [3.8, 4) is 0 Å². The maximum atomic E-state index is 15.6. The Morgan fingerprint density at radius 1 is 0.556 bits per heavy atom. The molecule has 0 aliphatic carbocycles. The average molecular weight is 1410 g/mol. The number of carbonyl (C=O) groups is 12. The molecule has 2 aliphatic rings. The Morgan fingerprint density at radius 3 is 1.63 bits per heavy atom. The van der Waals surface area contributed by atoms with Crippen LogP contribution in [-0.4, -0.2) is 263 Å². The summed E-state index contributed by atoms with van der Waals surface area (Å²) in [5, 5.41) is 22.5. The van der Waals surface area contributed by atoms with E-state index in [-0.39, 0.29) is 37.5 Å². The topological polar surface area (TPSA) is 308 Å². The summed E-state index contributed by atoms with van der Waals surface area (Å²) in [6.07, 6.45) is -0.102. The number of likely N-dealkylation sites (tertiary alicyclic amines) is 1. The Morgan fingerprint density at radius 2 is 1.08 bits per heavy atom. The molecule has 2 fully saturated rings. The zero-order valence-corrected chi connectivity index (χ0v) is 62.8. The van der Waals surface area contributed by atoms with Gasteiger partial charge in [-0.05, 0) is 114 Å². The summed E-state index contributed by atoms with van der Waals surface area (Å²) in [6.45, 7) is 21.6. The van der Waals surface area contributed by atoms with Gasteiger partial charge in [0.15, 0.2) is 0 Å². The third kappa shape index (κ3) is 23.7. The molecule has 11 atom stereocenters. The maximum Gasteiger partial charge on any atom is 0.248 e. The molecule has 2 aromatic rings. The average Bonchev–Trinajstić information content (AvgIpc) is 0.823. The summed E-state index contributed by atoms with van der Waals surface area (Å²) in [7, 11) is 9.59. The second-order valence-corrected chi connectivity index (χ2v) is 29.8. The lowest BCUT2D eigenvalue weighted by molar-refractivity contribution is -0.155. The van der Waals surface area contributed by atoms with Gasteiger partial charge in [0.25, 0.3) is 0 Å². The molecule has 0 aromatic heterocycles. The fourth-order valence-corrected chi connectivity index (χ4v) is 12.6. The minimum Gasteiger partial charge on any atom is -0.391 e. The first kappa shape index (κ1) is 83.7. The lowest BCUT2D eigenvalue weighted by atomic mass is 9.96. The molecule has 99 heavy (non-hydrogen) atoms. The smallest absolute Gasteiger partial charge is 0.248 e. The number of carbonyl (C=O) groups excluding carboxylic acids is 12. The minimum atomic E-state index is -1.67. The van der Waals surface area contributed by atoms with Gasteiger partial charge in [-0.25, -0.2) is 0 Å². The fraction of sp³-hybridized carbons (Fsp3) is 0.667. The number of piperidine rings is 1. The molecular formula is C72H113ClN12O14. The van der Waals surface area contributed by atoms with Gasteiger partial charge >= 0.3 is 0 Å². The van der Waals surface area contributed by atoms with Crippen LogP contribution in [0.1, 0.15) is 140 Å². The molecule has 2 aromatic carbocycles. The zero-order chi connectivity index (χ0) is 74.8. The highest BCUT2D eigenvalue weighted by molar-refractivity contribution is 6.30. The number of hydrogen-bond acceptors (Lipinski definition) is 14. The summed E-state index contributed by atoms with van der Waals surface area (Å²) < 4.78 is 6.19. The minimum absolute atomic E-state index is 0.0598. The van der Waals surface area contributed by atoms with Crippen LogP contribution >= 0.6 is 11.6 Å². The van der Waals surface area contributed by atoms with Crippen LogP contribution in [-0.2, 0) is 75.1 Å². The fourth-order valence-electron chi connectivity index (χ4n) is 12.4. The Kier molecular flexibility index (Phi) is 31.8. The molecule has 0 bridgehead atoms. The van der Waals surface area contributed by atoms with E-state index in [0.29, 0.717) is 42.1 Å². The molecule has 27 heteroatoms. The van der Waals surface area contributed by atoms with Crippen LogP contribution in [0.5, 0.6) is 0 Å². The third-order valence-corrected chi connectivity index (χ3v) is 18.6. The number of ether oxygens (including phenoxy) is 1. The Labute approximate surface area is 591 Å². The van der Waals surface area contributed by atoms with Gasteiger partial charge in [0.2, 0.25) is 70.9 Å². The van der Waals surface area contributed by atoms with Gasteiger partial charge in [0, 0.05) is 80.3 Å². The zero-order valence-electron chi connectivity index (χ0n) is 62.1. The number of hydrogen-bond donors (Lipinski definition) is 5. The van der Waals surface area contributed by atoms with Crippen LogP contribution in [0.4, 0.5) is 0 Å². The molecule has 0 radical (unpaired) electrons. The van der Waals surface area contributed by atoms with E-state index in [2.05, 4.69) is 21.3 Å². The lowest BCUT2D eigenvalue weighted by Gasteiger charge is -2.40. The van der Waals surface area contributed by atoms with Gasteiger partial charge in [-0.3, -0.25) is 57.5 Å². The number of nitrogens with zero attached hydrogens (tertiary/aromatic N) is 8. The normalized spacial score (nSPS) is 25.4. The molecule has 5 N–H and O–H groups in total. The maximum absolute atomic E-state index is 15.6. The summed E-state index contributed by atoms with van der Waals surface area (Å²) in [6, 6.07) is 1.54. The monoisotopic (exact) mass is 1400 g/mol. The molecule has 2 heterocycles. The van der Waals surface area contributed by atoms with Crippen LogP contribution in [0.2, 0.25) is 5.02 Å². The van der Waals surface area contributed by atoms with E-state index in [0.717, 1.165) is 30.9 Å². The molecular weight excluding hydrogens is 1290 g/mol. The third-order valence-electron chi connectivity index (χ3n) is 18.3. The lowest BCUT2D eigenvalue weighted by Crippen LogP contribution is -2.63. The van der Waals surface area contributed by atoms with E-state index in [4.69, 9.17) is 16.3 Å². The van der Waals surface area contributed by atoms with E-state index < -0.39 is 174 Å². The second-order valence-electron chi connectivity index (χ2n) is 29.3. The molecule has 2 saturated heterocycles. The van der Waals surface area contributed by atoms with Crippen LogP contribution < -0.4 is 21.3 Å². The molecule has 26 nitrogen and oxygen atoms in total. The molecule has 0 spiro atoms. The Bertz CT molecular complexity index is 3140. The summed E-state index contributed by atoms with van der Waals surface area (Å²) in [5.74, 6) is -10.8. The number of rotatable bonds is 14. The number of nitrogens with one attached hydrogen (secondary N) is 4. The van der Waals surface area contributed by atoms with E-state index in [1.807, 2.05) is 27.7 Å². The highest BCUT2D eigenvalue weighted by Gasteiger charge is 2.45. The van der Waals surface area contributed by atoms with Crippen molar-refractivity contribution in [1.82, 2.24) is 60.5 Å². The molecule has 552 valence electrons. The van der Waals surface area contributed by atoms with Crippen molar-refractivity contribution >= 4 is 82.5 Å². The van der Waals surface area contributed by atoms with Gasteiger partial charge in [0.1, 0.15) is 60.4 Å². The quantitative estimate of drug-likeness (QED) is 0.181. The van der Waals surface area contributed by atoms with Crippen molar-refractivity contribution in [2.24, 2.45) is 23.7 Å². The van der Waals surface area contributed by atoms with Crippen LogP contribution in [0.3, 0.4) is 0 Å². The van der Waals surface area contributed by atoms with E-state index in [9.17, 15) is 48.3 Å². The Balaban J connectivity index is 1.98. The molecule has 0 saturated carbocycles. The molecule has 2 aliphatic heterocycles. The Hall–Kier alpha value is -7.71. The van der Waals surface area contributed by atoms with Crippen LogP contribution in [0.25, 0.3) is 0 Å². The van der Waals surface area contributed by atoms with Gasteiger partial charge in [0.05, 0.1) is 31.3 Å². The molecule has 0 unspecified atom stereocenters. The van der Waals surface area contributed by atoms with Crippen LogP contribution in [0, 0.1) is 23.7 Å². The molecule has 4 rings (SSSR count).